The molecule has 0 atom stereocenters. The van der Waals surface area contributed by atoms with Crippen molar-refractivity contribution in [3.8, 4) is 0 Å². The Kier molecular flexibility index (Phi) is 23.5. The predicted octanol–water partition coefficient (Wildman–Crippen LogP) is 13.1. The third-order valence-electron chi connectivity index (χ3n) is 8.09. The van der Waals surface area contributed by atoms with Crippen molar-refractivity contribution in [2.75, 3.05) is 0 Å². The van der Waals surface area contributed by atoms with Gasteiger partial charge in [-0.25, -0.2) is 0 Å². The van der Waals surface area contributed by atoms with Crippen molar-refractivity contribution in [1.29, 1.82) is 0 Å². The van der Waals surface area contributed by atoms with Crippen molar-refractivity contribution < 1.29 is 0 Å². The van der Waals surface area contributed by atoms with Crippen LogP contribution in [0.2, 0.25) is 0 Å². The summed E-state index contributed by atoms with van der Waals surface area (Å²) >= 11 is 0. The average Bonchev–Trinajstić information content (AvgIpc) is 2.63. The molecule has 0 N–H and O–H groups in total. The fraction of sp³-hybridized carbons (Fsp3) is 1.00. The van der Waals surface area contributed by atoms with E-state index in [0.29, 0.717) is 5.41 Å². The summed E-state index contributed by atoms with van der Waals surface area (Å²) in [5.74, 6) is 9.41. The van der Waals surface area contributed by atoms with Crippen LogP contribution in [-0.4, -0.2) is 0 Å². The summed E-state index contributed by atoms with van der Waals surface area (Å²) in [6, 6.07) is 0. The summed E-state index contributed by atoms with van der Waals surface area (Å²) in [6.45, 7) is 44.6. The third-order valence-corrected chi connectivity index (χ3v) is 8.09. The second-order valence-electron chi connectivity index (χ2n) is 16.0. The van der Waals surface area contributed by atoms with E-state index in [4.69, 9.17) is 0 Å². The zero-order valence-electron chi connectivity index (χ0n) is 29.4. The van der Waals surface area contributed by atoms with Gasteiger partial charge >= 0.3 is 0 Å². The lowest BCUT2D eigenvalue weighted by molar-refractivity contribution is 0.135. The first-order valence-electron chi connectivity index (χ1n) is 16.2. The molecule has 0 nitrogen and oxygen atoms in total. The van der Waals surface area contributed by atoms with E-state index in [9.17, 15) is 0 Å². The van der Waals surface area contributed by atoms with Gasteiger partial charge in [-0.2, -0.15) is 0 Å². The molecule has 222 valence electrons. The fourth-order valence-electron chi connectivity index (χ4n) is 6.13. The van der Waals surface area contributed by atoms with E-state index in [2.05, 4.69) is 132 Å². The summed E-state index contributed by atoms with van der Waals surface area (Å²) in [5, 5.41) is 0. The lowest BCUT2D eigenvalue weighted by Crippen LogP contribution is -2.27. The van der Waals surface area contributed by atoms with Crippen molar-refractivity contribution in [2.24, 2.45) is 70.5 Å². The molecule has 0 aromatic carbocycles. The molecule has 0 saturated heterocycles. The monoisotopic (exact) mass is 511 g/mol. The van der Waals surface area contributed by atoms with Gasteiger partial charge < -0.3 is 0 Å². The Morgan fingerprint density at radius 3 is 0.833 bits per heavy atom. The number of hydrogen-bond acceptors (Lipinski definition) is 0. The fourth-order valence-corrected chi connectivity index (χ4v) is 6.13. The van der Waals surface area contributed by atoms with E-state index in [0.717, 1.165) is 65.1 Å². The van der Waals surface area contributed by atoms with Crippen LogP contribution in [0.3, 0.4) is 0 Å². The summed E-state index contributed by atoms with van der Waals surface area (Å²) in [7, 11) is 0. The van der Waals surface area contributed by atoms with Gasteiger partial charge in [-0.1, -0.05) is 132 Å². The van der Waals surface area contributed by atoms with Gasteiger partial charge in [-0.05, 0) is 103 Å². The minimum Gasteiger partial charge on any atom is -0.0628 e. The highest BCUT2D eigenvalue weighted by Gasteiger charge is 2.29. The quantitative estimate of drug-likeness (QED) is 0.218. The SMILES string of the molecule is CC(C)CC(C(C)C)C(C)C.CC(C)CC(C)(CC(C)C)C(C)C.CC(C)CC(CC(C)C)C(C)C. The molecule has 0 spiro atoms. The van der Waals surface area contributed by atoms with Gasteiger partial charge in [0.2, 0.25) is 0 Å². The molecule has 0 bridgehead atoms. The maximum atomic E-state index is 2.46. The second-order valence-corrected chi connectivity index (χ2v) is 16.0. The van der Waals surface area contributed by atoms with E-state index in [1.807, 2.05) is 0 Å². The molecule has 0 aliphatic rings. The van der Waals surface area contributed by atoms with Gasteiger partial charge in [0.15, 0.2) is 0 Å². The van der Waals surface area contributed by atoms with Crippen LogP contribution in [0.15, 0.2) is 0 Å². The molecule has 0 amide bonds. The Morgan fingerprint density at radius 2 is 0.694 bits per heavy atom. The van der Waals surface area contributed by atoms with Crippen LogP contribution >= 0.6 is 0 Å². The standard InChI is InChI=1S/C13H28.C12H26.C11H24/c1-10(2)8-13(7,12(5)6)9-11(3)4;1-9(2)7-12(11(5)6)8-10(3)4;1-8(2)7-11(9(3)4)10(5)6/h10-12H,8-9H2,1-7H3;9-12H,7-8H2,1-6H3;8-11H,7H2,1-6H3. The van der Waals surface area contributed by atoms with E-state index in [-0.39, 0.29) is 0 Å². The lowest BCUT2D eigenvalue weighted by Gasteiger charge is -2.37. The van der Waals surface area contributed by atoms with Crippen molar-refractivity contribution in [2.45, 2.75) is 164 Å². The maximum Gasteiger partial charge on any atom is -0.0298 e. The third kappa shape index (κ3) is 23.1. The van der Waals surface area contributed by atoms with Crippen molar-refractivity contribution >= 4 is 0 Å². The van der Waals surface area contributed by atoms with Gasteiger partial charge in [0.1, 0.15) is 0 Å². The molecule has 0 aromatic rings. The van der Waals surface area contributed by atoms with E-state index in [1.165, 1.54) is 32.1 Å². The zero-order valence-corrected chi connectivity index (χ0v) is 29.4. The molecular weight excluding hydrogens is 432 g/mol. The lowest BCUT2D eigenvalue weighted by atomic mass is 9.69. The van der Waals surface area contributed by atoms with Gasteiger partial charge in [-0.3, -0.25) is 0 Å². The average molecular weight is 511 g/mol. The van der Waals surface area contributed by atoms with Crippen LogP contribution in [-0.2, 0) is 0 Å². The topological polar surface area (TPSA) is 0 Å². The molecule has 0 aromatic heterocycles. The van der Waals surface area contributed by atoms with Gasteiger partial charge in [-0.15, -0.1) is 0 Å². The molecule has 0 unspecified atom stereocenters. The Morgan fingerprint density at radius 1 is 0.389 bits per heavy atom. The highest BCUT2D eigenvalue weighted by atomic mass is 14.3. The summed E-state index contributed by atoms with van der Waals surface area (Å²) in [6.07, 6.45) is 6.91. The Balaban J connectivity index is -0.000000455. The molecule has 0 aliphatic heterocycles. The molecule has 0 aliphatic carbocycles. The molecule has 0 heteroatoms. The minimum atomic E-state index is 0.544. The first kappa shape index (κ1) is 40.5. The number of rotatable bonds is 14. The van der Waals surface area contributed by atoms with Crippen molar-refractivity contribution in [1.82, 2.24) is 0 Å². The Labute approximate surface area is 234 Å². The summed E-state index contributed by atoms with van der Waals surface area (Å²) < 4.78 is 0. The smallest absolute Gasteiger partial charge is 0.0298 e. The summed E-state index contributed by atoms with van der Waals surface area (Å²) in [4.78, 5) is 0. The van der Waals surface area contributed by atoms with E-state index < -0.39 is 0 Å². The largest absolute Gasteiger partial charge is 0.0628 e. The highest BCUT2D eigenvalue weighted by Crippen LogP contribution is 2.39. The predicted molar refractivity (Wildman–Crippen MR) is 172 cm³/mol. The molecule has 36 heavy (non-hydrogen) atoms. The molecular formula is C36H78. The normalized spacial score (nSPS) is 12.8. The van der Waals surface area contributed by atoms with Gasteiger partial charge in [0.25, 0.3) is 0 Å². The maximum absolute atomic E-state index is 2.46. The molecule has 0 heterocycles. The van der Waals surface area contributed by atoms with Crippen LogP contribution in [0.25, 0.3) is 0 Å². The van der Waals surface area contributed by atoms with Gasteiger partial charge in [0.05, 0.1) is 0 Å². The number of hydrogen-bond donors (Lipinski definition) is 0. The van der Waals surface area contributed by atoms with Crippen molar-refractivity contribution in [3.05, 3.63) is 0 Å². The molecule has 0 saturated carbocycles. The van der Waals surface area contributed by atoms with Crippen LogP contribution in [0, 0.1) is 70.5 Å². The van der Waals surface area contributed by atoms with E-state index in [1.54, 1.807) is 0 Å². The first-order chi connectivity index (χ1) is 16.2. The van der Waals surface area contributed by atoms with Gasteiger partial charge in [0, 0.05) is 0 Å². The Hall–Kier alpha value is 0. The second kappa shape index (κ2) is 20.9. The minimum absolute atomic E-state index is 0.544. The molecule has 0 radical (unpaired) electrons. The van der Waals surface area contributed by atoms with Crippen LogP contribution < -0.4 is 0 Å². The Bertz CT molecular complexity index is 432. The summed E-state index contributed by atoms with van der Waals surface area (Å²) in [5.41, 5.74) is 0.544. The van der Waals surface area contributed by atoms with E-state index >= 15 is 0 Å². The van der Waals surface area contributed by atoms with Crippen LogP contribution in [0.4, 0.5) is 0 Å². The molecule has 0 rings (SSSR count). The highest BCUT2D eigenvalue weighted by molar-refractivity contribution is 4.80. The first-order valence-corrected chi connectivity index (χ1v) is 16.2. The van der Waals surface area contributed by atoms with Crippen LogP contribution in [0.1, 0.15) is 164 Å². The van der Waals surface area contributed by atoms with Crippen molar-refractivity contribution in [3.63, 3.8) is 0 Å². The molecule has 0 fully saturated rings. The zero-order chi connectivity index (χ0) is 29.4. The van der Waals surface area contributed by atoms with Crippen LogP contribution in [0.5, 0.6) is 0 Å².